The molecule has 1 amide bonds. The number of H-pyrrole nitrogens is 1. The highest BCUT2D eigenvalue weighted by atomic mass is 16.2. The third-order valence-electron chi connectivity index (χ3n) is 4.92. The van der Waals surface area contributed by atoms with Crippen LogP contribution in [0.15, 0.2) is 47.5 Å². The Morgan fingerprint density at radius 1 is 1.11 bits per heavy atom. The standard InChI is InChI=1S/C20H21N5O2/c1-14-11-16-12-15(3-4-17(16)23-19(14)27)13-18(26)24-7-9-25(10-8-24)20-21-5-2-6-22-20/h2-6,11-12H,7-10,13H2,1H3,(H,23,27). The molecule has 1 aliphatic rings. The van der Waals surface area contributed by atoms with Gasteiger partial charge in [-0.3, -0.25) is 9.59 Å². The van der Waals surface area contributed by atoms with Gasteiger partial charge in [0.15, 0.2) is 0 Å². The summed E-state index contributed by atoms with van der Waals surface area (Å²) in [6, 6.07) is 9.40. The van der Waals surface area contributed by atoms with Crippen molar-refractivity contribution < 1.29 is 4.79 Å². The Bertz CT molecular complexity index is 1020. The number of pyridine rings is 1. The van der Waals surface area contributed by atoms with Crippen molar-refractivity contribution in [3.63, 3.8) is 0 Å². The van der Waals surface area contributed by atoms with E-state index < -0.39 is 0 Å². The lowest BCUT2D eigenvalue weighted by Crippen LogP contribution is -2.49. The highest BCUT2D eigenvalue weighted by molar-refractivity contribution is 5.83. The summed E-state index contributed by atoms with van der Waals surface area (Å²) < 4.78 is 0. The average Bonchev–Trinajstić information content (AvgIpc) is 2.70. The number of hydrogen-bond donors (Lipinski definition) is 1. The Hall–Kier alpha value is -3.22. The van der Waals surface area contributed by atoms with Crippen LogP contribution in [0.3, 0.4) is 0 Å². The molecule has 0 aliphatic carbocycles. The first kappa shape index (κ1) is 17.2. The van der Waals surface area contributed by atoms with Crippen LogP contribution in [-0.4, -0.2) is 51.9 Å². The van der Waals surface area contributed by atoms with Gasteiger partial charge in [0.2, 0.25) is 11.9 Å². The third-order valence-corrected chi connectivity index (χ3v) is 4.92. The predicted molar refractivity (Wildman–Crippen MR) is 104 cm³/mol. The third kappa shape index (κ3) is 3.67. The fourth-order valence-electron chi connectivity index (χ4n) is 3.37. The van der Waals surface area contributed by atoms with Gasteiger partial charge in [0.25, 0.3) is 5.56 Å². The van der Waals surface area contributed by atoms with Gasteiger partial charge >= 0.3 is 0 Å². The van der Waals surface area contributed by atoms with Crippen LogP contribution in [0.1, 0.15) is 11.1 Å². The van der Waals surface area contributed by atoms with Crippen molar-refractivity contribution in [2.24, 2.45) is 0 Å². The number of nitrogens with zero attached hydrogens (tertiary/aromatic N) is 4. The van der Waals surface area contributed by atoms with Gasteiger partial charge in [-0.05, 0) is 42.1 Å². The molecule has 0 saturated carbocycles. The van der Waals surface area contributed by atoms with Gasteiger partial charge in [-0.2, -0.15) is 0 Å². The molecular weight excluding hydrogens is 342 g/mol. The maximum Gasteiger partial charge on any atom is 0.251 e. The van der Waals surface area contributed by atoms with E-state index in [4.69, 9.17) is 0 Å². The summed E-state index contributed by atoms with van der Waals surface area (Å²) in [7, 11) is 0. The number of carbonyl (C=O) groups excluding carboxylic acids is 1. The first-order chi connectivity index (χ1) is 13.1. The fourth-order valence-corrected chi connectivity index (χ4v) is 3.37. The summed E-state index contributed by atoms with van der Waals surface area (Å²) in [6.45, 7) is 4.57. The van der Waals surface area contributed by atoms with E-state index in [-0.39, 0.29) is 11.5 Å². The zero-order valence-electron chi connectivity index (χ0n) is 15.2. The second-order valence-electron chi connectivity index (χ2n) is 6.80. The lowest BCUT2D eigenvalue weighted by Gasteiger charge is -2.34. The molecule has 1 N–H and O–H groups in total. The summed E-state index contributed by atoms with van der Waals surface area (Å²) in [5.74, 6) is 0.826. The molecule has 0 spiro atoms. The number of carbonyl (C=O) groups is 1. The van der Waals surface area contributed by atoms with E-state index in [2.05, 4.69) is 19.9 Å². The van der Waals surface area contributed by atoms with Crippen LogP contribution < -0.4 is 10.5 Å². The molecule has 7 nitrogen and oxygen atoms in total. The van der Waals surface area contributed by atoms with Crippen molar-refractivity contribution in [3.8, 4) is 0 Å². The molecule has 3 heterocycles. The monoisotopic (exact) mass is 363 g/mol. The van der Waals surface area contributed by atoms with Gasteiger partial charge in [-0.15, -0.1) is 0 Å². The van der Waals surface area contributed by atoms with Crippen molar-refractivity contribution in [2.45, 2.75) is 13.3 Å². The Morgan fingerprint density at radius 2 is 1.85 bits per heavy atom. The number of anilines is 1. The number of aryl methyl sites for hydroxylation is 1. The van der Waals surface area contributed by atoms with Gasteiger partial charge in [0, 0.05) is 49.7 Å². The molecule has 7 heteroatoms. The zero-order chi connectivity index (χ0) is 18.8. The number of rotatable bonds is 3. The topological polar surface area (TPSA) is 82.2 Å². The van der Waals surface area contributed by atoms with E-state index in [0.717, 1.165) is 29.6 Å². The molecule has 1 fully saturated rings. The van der Waals surface area contributed by atoms with Gasteiger partial charge in [-0.1, -0.05) is 6.07 Å². The molecule has 2 aromatic heterocycles. The van der Waals surface area contributed by atoms with Crippen LogP contribution in [0.4, 0.5) is 5.95 Å². The highest BCUT2D eigenvalue weighted by Gasteiger charge is 2.22. The Morgan fingerprint density at radius 3 is 2.59 bits per heavy atom. The van der Waals surface area contributed by atoms with Crippen LogP contribution in [-0.2, 0) is 11.2 Å². The normalized spacial score (nSPS) is 14.6. The van der Waals surface area contributed by atoms with Crippen LogP contribution in [0.2, 0.25) is 0 Å². The maximum atomic E-state index is 12.7. The molecule has 4 rings (SSSR count). The van der Waals surface area contributed by atoms with E-state index in [1.807, 2.05) is 29.2 Å². The Kier molecular flexibility index (Phi) is 4.58. The minimum Gasteiger partial charge on any atom is -0.339 e. The van der Waals surface area contributed by atoms with Gasteiger partial charge < -0.3 is 14.8 Å². The van der Waals surface area contributed by atoms with E-state index in [1.165, 1.54) is 0 Å². The van der Waals surface area contributed by atoms with Crippen molar-refractivity contribution >= 4 is 22.8 Å². The lowest BCUT2D eigenvalue weighted by atomic mass is 10.1. The molecule has 27 heavy (non-hydrogen) atoms. The van der Waals surface area contributed by atoms with E-state index >= 15 is 0 Å². The lowest BCUT2D eigenvalue weighted by molar-refractivity contribution is -0.130. The molecule has 3 aromatic rings. The molecule has 0 atom stereocenters. The Labute approximate surface area is 156 Å². The van der Waals surface area contributed by atoms with Crippen LogP contribution in [0, 0.1) is 6.92 Å². The van der Waals surface area contributed by atoms with Crippen molar-refractivity contribution in [2.75, 3.05) is 31.1 Å². The van der Waals surface area contributed by atoms with Gasteiger partial charge in [0.05, 0.1) is 6.42 Å². The Balaban J connectivity index is 1.42. The quantitative estimate of drug-likeness (QED) is 0.763. The molecular formula is C20H21N5O2. The molecule has 1 aromatic carbocycles. The number of aromatic amines is 1. The summed E-state index contributed by atoms with van der Waals surface area (Å²) in [4.78, 5) is 39.8. The number of hydrogen-bond acceptors (Lipinski definition) is 5. The molecule has 1 saturated heterocycles. The van der Waals surface area contributed by atoms with E-state index in [1.54, 1.807) is 25.4 Å². The highest BCUT2D eigenvalue weighted by Crippen LogP contribution is 2.16. The van der Waals surface area contributed by atoms with E-state index in [0.29, 0.717) is 31.0 Å². The number of benzene rings is 1. The summed E-state index contributed by atoms with van der Waals surface area (Å²) >= 11 is 0. The van der Waals surface area contributed by atoms with Gasteiger partial charge in [-0.25, -0.2) is 9.97 Å². The van der Waals surface area contributed by atoms with Crippen molar-refractivity contribution in [1.82, 2.24) is 19.9 Å². The van der Waals surface area contributed by atoms with Crippen molar-refractivity contribution in [3.05, 3.63) is 64.2 Å². The summed E-state index contributed by atoms with van der Waals surface area (Å²) in [5, 5.41) is 0.948. The molecule has 0 bridgehead atoms. The number of fused-ring (bicyclic) bond motifs is 1. The molecule has 0 unspecified atom stereocenters. The predicted octanol–water partition coefficient (Wildman–Crippen LogP) is 1.52. The van der Waals surface area contributed by atoms with Crippen LogP contribution >= 0.6 is 0 Å². The zero-order valence-corrected chi connectivity index (χ0v) is 15.2. The number of aromatic nitrogens is 3. The summed E-state index contributed by atoms with van der Waals surface area (Å²) in [5.41, 5.74) is 2.34. The molecule has 138 valence electrons. The molecule has 1 aliphatic heterocycles. The van der Waals surface area contributed by atoms with Crippen LogP contribution in [0.25, 0.3) is 10.9 Å². The molecule has 0 radical (unpaired) electrons. The minimum absolute atomic E-state index is 0.0772. The fraction of sp³-hybridized carbons (Fsp3) is 0.300. The smallest absolute Gasteiger partial charge is 0.251 e. The first-order valence-electron chi connectivity index (χ1n) is 9.02. The number of amides is 1. The average molecular weight is 363 g/mol. The first-order valence-corrected chi connectivity index (χ1v) is 9.02. The van der Waals surface area contributed by atoms with Crippen LogP contribution in [0.5, 0.6) is 0 Å². The number of piperazine rings is 1. The van der Waals surface area contributed by atoms with Gasteiger partial charge in [0.1, 0.15) is 0 Å². The maximum absolute atomic E-state index is 12.7. The summed E-state index contributed by atoms with van der Waals surface area (Å²) in [6.07, 6.45) is 3.82. The minimum atomic E-state index is -0.0772. The number of nitrogens with one attached hydrogen (secondary N) is 1. The SMILES string of the molecule is Cc1cc2cc(CC(=O)N3CCN(c4ncccn4)CC3)ccc2[nH]c1=O. The van der Waals surface area contributed by atoms with Crippen molar-refractivity contribution in [1.29, 1.82) is 0 Å². The van der Waals surface area contributed by atoms with E-state index in [9.17, 15) is 9.59 Å². The second-order valence-corrected chi connectivity index (χ2v) is 6.80. The largest absolute Gasteiger partial charge is 0.339 e. The second kappa shape index (κ2) is 7.19.